The first-order chi connectivity index (χ1) is 8.63. The third-order valence-electron chi connectivity index (χ3n) is 2.69. The summed E-state index contributed by atoms with van der Waals surface area (Å²) in [6.07, 6.45) is 0.494. The molecular formula is C13H22N4O. The SMILES string of the molecule is CN(C)CCNC(CC(N)=NO)c1ccccc1. The Morgan fingerprint density at radius 2 is 2.06 bits per heavy atom. The average molecular weight is 250 g/mol. The van der Waals surface area contributed by atoms with Crippen molar-refractivity contribution in [2.45, 2.75) is 12.5 Å². The highest BCUT2D eigenvalue weighted by atomic mass is 16.4. The van der Waals surface area contributed by atoms with Gasteiger partial charge in [-0.1, -0.05) is 35.5 Å². The number of nitrogens with one attached hydrogen (secondary N) is 1. The molecule has 5 nitrogen and oxygen atoms in total. The van der Waals surface area contributed by atoms with E-state index in [0.29, 0.717) is 6.42 Å². The second kappa shape index (κ2) is 7.68. The number of hydrogen-bond acceptors (Lipinski definition) is 4. The van der Waals surface area contributed by atoms with E-state index >= 15 is 0 Å². The van der Waals surface area contributed by atoms with Crippen LogP contribution in [0.2, 0.25) is 0 Å². The van der Waals surface area contributed by atoms with Crippen LogP contribution in [-0.4, -0.2) is 43.1 Å². The largest absolute Gasteiger partial charge is 0.409 e. The summed E-state index contributed by atoms with van der Waals surface area (Å²) in [6.45, 7) is 1.80. The van der Waals surface area contributed by atoms with E-state index in [-0.39, 0.29) is 11.9 Å². The zero-order valence-corrected chi connectivity index (χ0v) is 11.0. The molecule has 1 aromatic rings. The standard InChI is InChI=1S/C13H22N4O/c1-17(2)9-8-15-12(10-13(14)16-18)11-6-4-3-5-7-11/h3-7,12,15,18H,8-10H2,1-2H3,(H2,14,16). The Kier molecular flexibility index (Phi) is 6.18. The van der Waals surface area contributed by atoms with Gasteiger partial charge in [-0.2, -0.15) is 0 Å². The van der Waals surface area contributed by atoms with Gasteiger partial charge >= 0.3 is 0 Å². The molecule has 0 aliphatic rings. The molecule has 0 aliphatic carbocycles. The van der Waals surface area contributed by atoms with Crippen LogP contribution in [0.5, 0.6) is 0 Å². The van der Waals surface area contributed by atoms with Gasteiger partial charge in [0.05, 0.1) is 0 Å². The highest BCUT2D eigenvalue weighted by Gasteiger charge is 2.12. The van der Waals surface area contributed by atoms with Gasteiger partial charge in [-0.25, -0.2) is 0 Å². The first kappa shape index (κ1) is 14.5. The number of hydrogen-bond donors (Lipinski definition) is 3. The predicted molar refractivity (Wildman–Crippen MR) is 73.8 cm³/mol. The lowest BCUT2D eigenvalue weighted by atomic mass is 10.0. The second-order valence-electron chi connectivity index (χ2n) is 4.52. The van der Waals surface area contributed by atoms with Crippen molar-refractivity contribution < 1.29 is 5.21 Å². The highest BCUT2D eigenvalue weighted by Crippen LogP contribution is 2.15. The van der Waals surface area contributed by atoms with Crippen molar-refractivity contribution in [2.75, 3.05) is 27.2 Å². The normalized spacial score (nSPS) is 13.8. The molecule has 0 saturated heterocycles. The minimum Gasteiger partial charge on any atom is -0.409 e. The topological polar surface area (TPSA) is 73.9 Å². The van der Waals surface area contributed by atoms with Gasteiger partial charge in [0.25, 0.3) is 0 Å². The molecule has 1 unspecified atom stereocenters. The van der Waals surface area contributed by atoms with Crippen LogP contribution in [0.4, 0.5) is 0 Å². The summed E-state index contributed by atoms with van der Waals surface area (Å²) in [5.74, 6) is 0.237. The molecule has 0 fully saturated rings. The molecule has 5 heteroatoms. The van der Waals surface area contributed by atoms with Crippen molar-refractivity contribution in [3.05, 3.63) is 35.9 Å². The van der Waals surface area contributed by atoms with Crippen molar-refractivity contribution in [2.24, 2.45) is 10.9 Å². The fourth-order valence-corrected chi connectivity index (χ4v) is 1.71. The molecule has 0 saturated carbocycles. The summed E-state index contributed by atoms with van der Waals surface area (Å²) < 4.78 is 0. The maximum atomic E-state index is 8.67. The van der Waals surface area contributed by atoms with E-state index in [1.165, 1.54) is 0 Å². The third-order valence-corrected chi connectivity index (χ3v) is 2.69. The lowest BCUT2D eigenvalue weighted by molar-refractivity contribution is 0.315. The molecular weight excluding hydrogens is 228 g/mol. The number of likely N-dealkylation sites (N-methyl/N-ethyl adjacent to an activating group) is 1. The maximum absolute atomic E-state index is 8.67. The molecule has 0 aromatic heterocycles. The van der Waals surface area contributed by atoms with Crippen LogP contribution >= 0.6 is 0 Å². The number of nitrogens with zero attached hydrogens (tertiary/aromatic N) is 2. The Morgan fingerprint density at radius 1 is 1.39 bits per heavy atom. The fraction of sp³-hybridized carbons (Fsp3) is 0.462. The molecule has 0 bridgehead atoms. The molecule has 0 radical (unpaired) electrons. The summed E-state index contributed by atoms with van der Waals surface area (Å²) >= 11 is 0. The first-order valence-electron chi connectivity index (χ1n) is 6.03. The van der Waals surface area contributed by atoms with E-state index < -0.39 is 0 Å². The molecule has 100 valence electrons. The van der Waals surface area contributed by atoms with Crippen molar-refractivity contribution in [3.63, 3.8) is 0 Å². The van der Waals surface area contributed by atoms with Gasteiger partial charge < -0.3 is 21.2 Å². The number of rotatable bonds is 7. The van der Waals surface area contributed by atoms with Gasteiger partial charge in [0, 0.05) is 25.6 Å². The summed E-state index contributed by atoms with van der Waals surface area (Å²) in [6, 6.07) is 10.1. The fourth-order valence-electron chi connectivity index (χ4n) is 1.71. The lowest BCUT2D eigenvalue weighted by Crippen LogP contribution is -2.32. The Morgan fingerprint density at radius 3 is 2.61 bits per heavy atom. The van der Waals surface area contributed by atoms with E-state index in [1.807, 2.05) is 44.4 Å². The van der Waals surface area contributed by atoms with E-state index in [9.17, 15) is 0 Å². The van der Waals surface area contributed by atoms with Crippen LogP contribution in [0.25, 0.3) is 0 Å². The molecule has 1 aromatic carbocycles. The smallest absolute Gasteiger partial charge is 0.141 e. The van der Waals surface area contributed by atoms with Crippen LogP contribution in [0.3, 0.4) is 0 Å². The van der Waals surface area contributed by atoms with Gasteiger partial charge in [-0.3, -0.25) is 0 Å². The van der Waals surface area contributed by atoms with E-state index in [1.54, 1.807) is 0 Å². The number of nitrogens with two attached hydrogens (primary N) is 1. The molecule has 4 N–H and O–H groups in total. The van der Waals surface area contributed by atoms with Crippen LogP contribution < -0.4 is 11.1 Å². The quantitative estimate of drug-likeness (QED) is 0.292. The van der Waals surface area contributed by atoms with Gasteiger partial charge in [0.1, 0.15) is 5.84 Å². The van der Waals surface area contributed by atoms with E-state index in [0.717, 1.165) is 18.7 Å². The summed E-state index contributed by atoms with van der Waals surface area (Å²) in [4.78, 5) is 2.11. The molecule has 0 spiro atoms. The lowest BCUT2D eigenvalue weighted by Gasteiger charge is -2.20. The van der Waals surface area contributed by atoms with Gasteiger partial charge in [-0.15, -0.1) is 0 Å². The summed E-state index contributed by atoms with van der Waals surface area (Å²) in [5.41, 5.74) is 6.73. The van der Waals surface area contributed by atoms with Crippen LogP contribution in [0, 0.1) is 0 Å². The average Bonchev–Trinajstić information content (AvgIpc) is 2.38. The maximum Gasteiger partial charge on any atom is 0.141 e. The summed E-state index contributed by atoms with van der Waals surface area (Å²) in [7, 11) is 4.06. The third kappa shape index (κ3) is 5.16. The molecule has 1 atom stereocenters. The van der Waals surface area contributed by atoms with E-state index in [4.69, 9.17) is 10.9 Å². The number of amidine groups is 1. The zero-order chi connectivity index (χ0) is 13.4. The van der Waals surface area contributed by atoms with Crippen molar-refractivity contribution in [1.29, 1.82) is 0 Å². The van der Waals surface area contributed by atoms with Crippen LogP contribution in [0.15, 0.2) is 35.5 Å². The minimum absolute atomic E-state index is 0.0713. The number of oxime groups is 1. The van der Waals surface area contributed by atoms with Crippen LogP contribution in [-0.2, 0) is 0 Å². The monoisotopic (exact) mass is 250 g/mol. The highest BCUT2D eigenvalue weighted by molar-refractivity contribution is 5.80. The Bertz CT molecular complexity index is 365. The van der Waals surface area contributed by atoms with Gasteiger partial charge in [-0.05, 0) is 19.7 Å². The molecule has 0 amide bonds. The van der Waals surface area contributed by atoms with Gasteiger partial charge in [0.2, 0.25) is 0 Å². The van der Waals surface area contributed by atoms with Crippen molar-refractivity contribution in [3.8, 4) is 0 Å². The Labute approximate surface area is 108 Å². The predicted octanol–water partition coefficient (Wildman–Crippen LogP) is 1.02. The van der Waals surface area contributed by atoms with Crippen LogP contribution in [0.1, 0.15) is 18.0 Å². The Hall–Kier alpha value is -1.59. The van der Waals surface area contributed by atoms with Gasteiger partial charge in [0.15, 0.2) is 0 Å². The first-order valence-corrected chi connectivity index (χ1v) is 6.03. The molecule has 1 rings (SSSR count). The van der Waals surface area contributed by atoms with Crippen molar-refractivity contribution in [1.82, 2.24) is 10.2 Å². The van der Waals surface area contributed by atoms with Crippen molar-refractivity contribution >= 4 is 5.84 Å². The second-order valence-corrected chi connectivity index (χ2v) is 4.52. The summed E-state index contributed by atoms with van der Waals surface area (Å²) in [5, 5.41) is 15.1. The zero-order valence-electron chi connectivity index (χ0n) is 11.0. The minimum atomic E-state index is 0.0713. The number of benzene rings is 1. The molecule has 0 heterocycles. The molecule has 18 heavy (non-hydrogen) atoms. The van der Waals surface area contributed by atoms with E-state index in [2.05, 4.69) is 15.4 Å². The Balaban J connectivity index is 2.64. The molecule has 0 aliphatic heterocycles.